The highest BCUT2D eigenvalue weighted by Gasteiger charge is 2.12. The van der Waals surface area contributed by atoms with Crippen LogP contribution in [0.5, 0.6) is 5.75 Å². The van der Waals surface area contributed by atoms with Crippen molar-refractivity contribution in [1.82, 2.24) is 4.98 Å². The van der Waals surface area contributed by atoms with Crippen molar-refractivity contribution in [3.63, 3.8) is 0 Å². The van der Waals surface area contributed by atoms with Gasteiger partial charge in [0.05, 0.1) is 0 Å². The van der Waals surface area contributed by atoms with Gasteiger partial charge in [0.25, 0.3) is 5.91 Å². The minimum Gasteiger partial charge on any atom is -0.486 e. The lowest BCUT2D eigenvalue weighted by Crippen LogP contribution is -2.12. The van der Waals surface area contributed by atoms with Crippen LogP contribution in [0.15, 0.2) is 60.0 Å². The first-order valence-corrected chi connectivity index (χ1v) is 9.04. The molecule has 0 aliphatic carbocycles. The predicted octanol–water partition coefficient (Wildman–Crippen LogP) is 5.10. The summed E-state index contributed by atoms with van der Waals surface area (Å²) in [4.78, 5) is 16.6. The number of nitrogens with one attached hydrogen (secondary N) is 1. The Morgan fingerprint density at radius 1 is 1.12 bits per heavy atom. The Bertz CT molecular complexity index is 844. The van der Waals surface area contributed by atoms with Crippen molar-refractivity contribution in [3.05, 3.63) is 76.2 Å². The fraction of sp³-hybridized carbons (Fsp3) is 0.200. The summed E-state index contributed by atoms with van der Waals surface area (Å²) in [5, 5.41) is 5.36. The van der Waals surface area contributed by atoms with E-state index in [0.29, 0.717) is 18.2 Å². The van der Waals surface area contributed by atoms with Gasteiger partial charge >= 0.3 is 0 Å². The highest BCUT2D eigenvalue weighted by molar-refractivity contribution is 7.09. The van der Waals surface area contributed by atoms with Crippen LogP contribution < -0.4 is 10.1 Å². The van der Waals surface area contributed by atoms with E-state index < -0.39 is 0 Å². The second-order valence-corrected chi connectivity index (χ2v) is 6.87. The van der Waals surface area contributed by atoms with Gasteiger partial charge in [0.15, 0.2) is 0 Å². The quantitative estimate of drug-likeness (QED) is 0.671. The van der Waals surface area contributed by atoms with Gasteiger partial charge in [-0.15, -0.1) is 11.3 Å². The molecule has 0 aliphatic heterocycles. The van der Waals surface area contributed by atoms with Crippen LogP contribution in [0.25, 0.3) is 0 Å². The Hall–Kier alpha value is -2.66. The molecule has 0 atom stereocenters. The molecule has 2 aromatic carbocycles. The summed E-state index contributed by atoms with van der Waals surface area (Å²) in [7, 11) is 0. The number of amides is 1. The van der Waals surface area contributed by atoms with Crippen LogP contribution in [0.4, 0.5) is 5.69 Å². The first kappa shape index (κ1) is 17.2. The molecule has 5 heteroatoms. The lowest BCUT2D eigenvalue weighted by atomic mass is 10.0. The third-order valence-electron chi connectivity index (χ3n) is 3.71. The van der Waals surface area contributed by atoms with Crippen LogP contribution in [0.2, 0.25) is 0 Å². The van der Waals surface area contributed by atoms with Gasteiger partial charge in [-0.2, -0.15) is 0 Å². The second kappa shape index (κ2) is 7.94. The minimum absolute atomic E-state index is 0.212. The molecule has 0 fully saturated rings. The summed E-state index contributed by atoms with van der Waals surface area (Å²) >= 11 is 1.42. The van der Waals surface area contributed by atoms with Crippen molar-refractivity contribution in [1.29, 1.82) is 0 Å². The third-order valence-corrected chi connectivity index (χ3v) is 4.53. The van der Waals surface area contributed by atoms with Gasteiger partial charge in [0, 0.05) is 11.1 Å². The molecule has 3 rings (SSSR count). The summed E-state index contributed by atoms with van der Waals surface area (Å²) in [6, 6.07) is 17.4. The van der Waals surface area contributed by atoms with E-state index in [1.165, 1.54) is 16.9 Å². The maximum Gasteiger partial charge on any atom is 0.275 e. The molecule has 0 bridgehead atoms. The first-order chi connectivity index (χ1) is 12.1. The predicted molar refractivity (Wildman–Crippen MR) is 101 cm³/mol. The molecule has 0 radical (unpaired) electrons. The minimum atomic E-state index is -0.212. The molecule has 25 heavy (non-hydrogen) atoms. The fourth-order valence-electron chi connectivity index (χ4n) is 2.43. The highest BCUT2D eigenvalue weighted by atomic mass is 32.1. The Labute approximate surface area is 151 Å². The number of thiazole rings is 1. The second-order valence-electron chi connectivity index (χ2n) is 5.93. The Morgan fingerprint density at radius 2 is 1.84 bits per heavy atom. The van der Waals surface area contributed by atoms with Gasteiger partial charge < -0.3 is 10.1 Å². The molecule has 3 aromatic rings. The average molecular weight is 352 g/mol. The fourth-order valence-corrected chi connectivity index (χ4v) is 3.11. The zero-order valence-corrected chi connectivity index (χ0v) is 15.0. The molecule has 0 spiro atoms. The lowest BCUT2D eigenvalue weighted by Gasteiger charge is -2.12. The molecular weight excluding hydrogens is 332 g/mol. The van der Waals surface area contributed by atoms with Gasteiger partial charge in [-0.25, -0.2) is 4.98 Å². The largest absolute Gasteiger partial charge is 0.486 e. The van der Waals surface area contributed by atoms with E-state index in [4.69, 9.17) is 4.74 Å². The number of para-hydroxylation sites is 2. The summed E-state index contributed by atoms with van der Waals surface area (Å²) in [6.45, 7) is 4.63. The van der Waals surface area contributed by atoms with Gasteiger partial charge in [-0.1, -0.05) is 50.2 Å². The number of anilines is 1. The number of carbonyl (C=O) groups is 1. The Morgan fingerprint density at radius 3 is 2.60 bits per heavy atom. The third kappa shape index (κ3) is 4.45. The number of rotatable bonds is 6. The summed E-state index contributed by atoms with van der Waals surface area (Å²) < 4.78 is 5.91. The topological polar surface area (TPSA) is 51.2 Å². The van der Waals surface area contributed by atoms with Crippen LogP contribution in [0, 0.1) is 0 Å². The maximum atomic E-state index is 12.2. The van der Waals surface area contributed by atoms with Gasteiger partial charge in [-0.05, 0) is 29.7 Å². The van der Waals surface area contributed by atoms with Crippen molar-refractivity contribution < 1.29 is 9.53 Å². The lowest BCUT2D eigenvalue weighted by molar-refractivity contribution is 0.102. The number of aromatic nitrogens is 1. The van der Waals surface area contributed by atoms with E-state index in [1.807, 2.05) is 48.5 Å². The van der Waals surface area contributed by atoms with Gasteiger partial charge in [0.1, 0.15) is 23.1 Å². The molecule has 0 unspecified atom stereocenters. The molecule has 1 heterocycles. The monoisotopic (exact) mass is 352 g/mol. The molecule has 1 amide bonds. The standard InChI is InChI=1S/C20H20N2O2S/c1-14(2)16-10-6-7-11-18(16)24-12-19-22-17(13-25-19)20(23)21-15-8-4-3-5-9-15/h3-11,13-14H,12H2,1-2H3,(H,21,23). The van der Waals surface area contributed by atoms with Gasteiger partial charge in [-0.3, -0.25) is 4.79 Å². The smallest absolute Gasteiger partial charge is 0.275 e. The number of nitrogens with zero attached hydrogens (tertiary/aromatic N) is 1. The zero-order valence-electron chi connectivity index (χ0n) is 14.2. The molecule has 1 N–H and O–H groups in total. The van der Waals surface area contributed by atoms with E-state index >= 15 is 0 Å². The van der Waals surface area contributed by atoms with E-state index in [0.717, 1.165) is 16.4 Å². The number of hydrogen-bond donors (Lipinski definition) is 1. The Kier molecular flexibility index (Phi) is 5.46. The van der Waals surface area contributed by atoms with E-state index in [1.54, 1.807) is 5.38 Å². The summed E-state index contributed by atoms with van der Waals surface area (Å²) in [5.41, 5.74) is 2.33. The highest BCUT2D eigenvalue weighted by Crippen LogP contribution is 2.27. The number of ether oxygens (including phenoxy) is 1. The van der Waals surface area contributed by atoms with E-state index in [2.05, 4.69) is 30.2 Å². The van der Waals surface area contributed by atoms with Gasteiger partial charge in [0.2, 0.25) is 0 Å². The van der Waals surface area contributed by atoms with Crippen LogP contribution in [0.1, 0.15) is 40.8 Å². The van der Waals surface area contributed by atoms with Crippen molar-refractivity contribution in [2.75, 3.05) is 5.32 Å². The summed E-state index contributed by atoms with van der Waals surface area (Å²) in [6.07, 6.45) is 0. The van der Waals surface area contributed by atoms with Crippen molar-refractivity contribution in [3.8, 4) is 5.75 Å². The molecular formula is C20H20N2O2S. The first-order valence-electron chi connectivity index (χ1n) is 8.16. The van der Waals surface area contributed by atoms with Crippen LogP contribution in [-0.4, -0.2) is 10.9 Å². The number of benzene rings is 2. The maximum absolute atomic E-state index is 12.2. The molecule has 0 saturated heterocycles. The van der Waals surface area contributed by atoms with Crippen molar-refractivity contribution in [2.45, 2.75) is 26.4 Å². The number of carbonyl (C=O) groups excluding carboxylic acids is 1. The van der Waals surface area contributed by atoms with E-state index in [9.17, 15) is 4.79 Å². The SMILES string of the molecule is CC(C)c1ccccc1OCc1nc(C(=O)Nc2ccccc2)cs1. The van der Waals surface area contributed by atoms with E-state index in [-0.39, 0.29) is 5.91 Å². The summed E-state index contributed by atoms with van der Waals surface area (Å²) in [5.74, 6) is 1.04. The molecule has 128 valence electrons. The zero-order chi connectivity index (χ0) is 17.6. The van der Waals surface area contributed by atoms with Crippen molar-refractivity contribution >= 4 is 22.9 Å². The van der Waals surface area contributed by atoms with Crippen LogP contribution in [0.3, 0.4) is 0 Å². The van der Waals surface area contributed by atoms with Crippen molar-refractivity contribution in [2.24, 2.45) is 0 Å². The molecule has 0 saturated carbocycles. The number of hydrogen-bond acceptors (Lipinski definition) is 4. The Balaban J connectivity index is 1.63. The van der Waals surface area contributed by atoms with Crippen LogP contribution in [-0.2, 0) is 6.61 Å². The van der Waals surface area contributed by atoms with Crippen LogP contribution >= 0.6 is 11.3 Å². The average Bonchev–Trinajstić information content (AvgIpc) is 3.10. The normalized spacial score (nSPS) is 10.7. The molecule has 4 nitrogen and oxygen atoms in total. The molecule has 0 aliphatic rings. The molecule has 1 aromatic heterocycles.